The molecule has 2 aromatic rings. The number of carbonyl (C=O) groups is 4. The van der Waals surface area contributed by atoms with Crippen molar-refractivity contribution in [2.75, 3.05) is 12.3 Å². The van der Waals surface area contributed by atoms with E-state index in [0.717, 1.165) is 16.2 Å². The minimum Gasteiger partial charge on any atom is -0.341 e. The van der Waals surface area contributed by atoms with Gasteiger partial charge in [0, 0.05) is 11.3 Å². The summed E-state index contributed by atoms with van der Waals surface area (Å²) in [6, 6.07) is 15.6. The van der Waals surface area contributed by atoms with Crippen molar-refractivity contribution in [3.63, 3.8) is 0 Å². The van der Waals surface area contributed by atoms with Gasteiger partial charge in [0.1, 0.15) is 17.1 Å². The summed E-state index contributed by atoms with van der Waals surface area (Å²) in [5.74, 6) is -1.29. The number of aryl methyl sites for hydroxylation is 1. The van der Waals surface area contributed by atoms with Gasteiger partial charge in [0.15, 0.2) is 0 Å². The monoisotopic (exact) mass is 463 g/mol. The zero-order valence-corrected chi connectivity index (χ0v) is 18.6. The van der Waals surface area contributed by atoms with Crippen LogP contribution in [0.4, 0.5) is 0 Å². The molecule has 0 bridgehead atoms. The van der Waals surface area contributed by atoms with E-state index >= 15 is 0 Å². The molecule has 1 saturated heterocycles. The zero-order valence-electron chi connectivity index (χ0n) is 17.8. The summed E-state index contributed by atoms with van der Waals surface area (Å²) in [4.78, 5) is 57.5. The molecule has 2 aromatic carbocycles. The van der Waals surface area contributed by atoms with Crippen LogP contribution < -0.4 is 5.32 Å². The van der Waals surface area contributed by atoms with Gasteiger partial charge in [-0.2, -0.15) is 5.06 Å². The van der Waals surface area contributed by atoms with Crippen LogP contribution in [0.15, 0.2) is 65.9 Å². The Labute approximate surface area is 194 Å². The summed E-state index contributed by atoms with van der Waals surface area (Å²) in [6.45, 7) is 2.02. The molecule has 33 heavy (non-hydrogen) atoms. The molecule has 168 valence electrons. The van der Waals surface area contributed by atoms with Crippen molar-refractivity contribution in [2.24, 2.45) is 0 Å². The lowest BCUT2D eigenvalue weighted by Gasteiger charge is -2.51. The Kier molecular flexibility index (Phi) is 5.41. The lowest BCUT2D eigenvalue weighted by Crippen LogP contribution is -2.71. The second-order valence-electron chi connectivity index (χ2n) is 8.16. The van der Waals surface area contributed by atoms with E-state index < -0.39 is 17.9 Å². The SMILES string of the molecule is Cc1ccc(C(=O)N2CC3=C(C(=O)O2)N2C(=O)[C@@H](NC(=O)Cc4ccccc4)C2SC3)cc1. The van der Waals surface area contributed by atoms with E-state index in [2.05, 4.69) is 5.32 Å². The average Bonchev–Trinajstić information content (AvgIpc) is 2.82. The van der Waals surface area contributed by atoms with Crippen molar-refractivity contribution in [2.45, 2.75) is 24.8 Å². The summed E-state index contributed by atoms with van der Waals surface area (Å²) in [5, 5.41) is 3.45. The molecule has 1 N–H and O–H groups in total. The molecule has 0 aromatic heterocycles. The third kappa shape index (κ3) is 3.89. The molecule has 0 radical (unpaired) electrons. The molecule has 9 heteroatoms. The minimum atomic E-state index is -0.732. The highest BCUT2D eigenvalue weighted by atomic mass is 32.2. The fourth-order valence-corrected chi connectivity index (χ4v) is 5.44. The Morgan fingerprint density at radius 3 is 2.55 bits per heavy atom. The van der Waals surface area contributed by atoms with Crippen LogP contribution in [-0.2, 0) is 25.6 Å². The van der Waals surface area contributed by atoms with Crippen molar-refractivity contribution in [1.82, 2.24) is 15.3 Å². The van der Waals surface area contributed by atoms with Gasteiger partial charge in [0.05, 0.1) is 13.0 Å². The normalized spacial score (nSPS) is 21.6. The third-order valence-corrected chi connectivity index (χ3v) is 7.16. The van der Waals surface area contributed by atoms with Gasteiger partial charge in [-0.1, -0.05) is 48.0 Å². The zero-order chi connectivity index (χ0) is 23.1. The molecule has 0 saturated carbocycles. The predicted octanol–water partition coefficient (Wildman–Crippen LogP) is 1.81. The molecule has 0 aliphatic carbocycles. The van der Waals surface area contributed by atoms with E-state index in [1.165, 1.54) is 16.7 Å². The minimum absolute atomic E-state index is 0.0995. The first-order chi connectivity index (χ1) is 15.9. The van der Waals surface area contributed by atoms with Crippen molar-refractivity contribution in [3.05, 3.63) is 82.6 Å². The molecule has 1 fully saturated rings. The number of β-lactam (4-membered cyclic amide) rings is 1. The van der Waals surface area contributed by atoms with Gasteiger partial charge in [-0.3, -0.25) is 19.3 Å². The third-order valence-electron chi connectivity index (χ3n) is 5.82. The molecular formula is C24H21N3O5S. The Morgan fingerprint density at radius 2 is 1.82 bits per heavy atom. The summed E-state index contributed by atoms with van der Waals surface area (Å²) in [7, 11) is 0. The van der Waals surface area contributed by atoms with Crippen molar-refractivity contribution < 1.29 is 24.0 Å². The Morgan fingerprint density at radius 1 is 1.09 bits per heavy atom. The first kappa shape index (κ1) is 21.3. The smallest absolute Gasteiger partial charge is 0.341 e. The van der Waals surface area contributed by atoms with Gasteiger partial charge in [-0.25, -0.2) is 4.79 Å². The molecule has 2 atom stereocenters. The Balaban J connectivity index is 1.27. The van der Waals surface area contributed by atoms with E-state index in [4.69, 9.17) is 4.84 Å². The number of hydrogen-bond acceptors (Lipinski definition) is 6. The highest BCUT2D eigenvalue weighted by molar-refractivity contribution is 8.00. The van der Waals surface area contributed by atoms with Crippen LogP contribution in [0.3, 0.4) is 0 Å². The predicted molar refractivity (Wildman–Crippen MR) is 121 cm³/mol. The molecule has 3 aliphatic heterocycles. The van der Waals surface area contributed by atoms with E-state index in [1.54, 1.807) is 12.1 Å². The van der Waals surface area contributed by atoms with E-state index in [9.17, 15) is 19.2 Å². The number of nitrogens with zero attached hydrogens (tertiary/aromatic N) is 2. The maximum atomic E-state index is 12.8. The van der Waals surface area contributed by atoms with Gasteiger partial charge in [-0.05, 0) is 30.2 Å². The molecule has 3 heterocycles. The van der Waals surface area contributed by atoms with Crippen molar-refractivity contribution in [1.29, 1.82) is 0 Å². The number of carbonyl (C=O) groups excluding carboxylic acids is 4. The fourth-order valence-electron chi connectivity index (χ4n) is 4.10. The number of benzene rings is 2. The highest BCUT2D eigenvalue weighted by Gasteiger charge is 2.55. The van der Waals surface area contributed by atoms with Crippen LogP contribution in [0, 0.1) is 6.92 Å². The van der Waals surface area contributed by atoms with E-state index in [-0.39, 0.29) is 35.9 Å². The second-order valence-corrected chi connectivity index (χ2v) is 9.26. The van der Waals surface area contributed by atoms with Crippen LogP contribution in [-0.4, -0.2) is 57.4 Å². The van der Waals surface area contributed by atoms with Crippen molar-refractivity contribution in [3.8, 4) is 0 Å². The number of fused-ring (bicyclic) bond motifs is 2. The first-order valence-corrected chi connectivity index (χ1v) is 11.6. The van der Waals surface area contributed by atoms with E-state index in [1.807, 2.05) is 49.4 Å². The van der Waals surface area contributed by atoms with Gasteiger partial charge in [-0.15, -0.1) is 11.8 Å². The van der Waals surface area contributed by atoms with Crippen LogP contribution in [0.2, 0.25) is 0 Å². The second kappa shape index (κ2) is 8.40. The maximum absolute atomic E-state index is 12.8. The quantitative estimate of drug-likeness (QED) is 0.695. The van der Waals surface area contributed by atoms with E-state index in [0.29, 0.717) is 16.9 Å². The molecule has 8 nitrogen and oxygen atoms in total. The lowest BCUT2D eigenvalue weighted by atomic mass is 10.0. The number of hydrogen-bond donors (Lipinski definition) is 1. The molecule has 5 rings (SSSR count). The molecule has 1 unspecified atom stereocenters. The van der Waals surface area contributed by atoms with Gasteiger partial charge < -0.3 is 10.2 Å². The molecule has 3 aliphatic rings. The highest BCUT2D eigenvalue weighted by Crippen LogP contribution is 2.42. The molecule has 0 spiro atoms. The lowest BCUT2D eigenvalue weighted by molar-refractivity contribution is -0.180. The summed E-state index contributed by atoms with van der Waals surface area (Å²) in [5.41, 5.74) is 3.14. The summed E-state index contributed by atoms with van der Waals surface area (Å²) >= 11 is 1.46. The van der Waals surface area contributed by atoms with Gasteiger partial charge in [0.2, 0.25) is 5.91 Å². The Bertz CT molecular complexity index is 1180. The van der Waals surface area contributed by atoms with Gasteiger partial charge >= 0.3 is 5.97 Å². The fraction of sp³-hybridized carbons (Fsp3) is 0.250. The largest absolute Gasteiger partial charge is 0.379 e. The van der Waals surface area contributed by atoms with Crippen LogP contribution in [0.25, 0.3) is 0 Å². The molecular weight excluding hydrogens is 442 g/mol. The number of nitrogens with one attached hydrogen (secondary N) is 1. The van der Waals surface area contributed by atoms with Crippen LogP contribution in [0.1, 0.15) is 21.5 Å². The maximum Gasteiger partial charge on any atom is 0.379 e. The Hall–Kier alpha value is -3.59. The first-order valence-electron chi connectivity index (χ1n) is 10.5. The standard InChI is InChI=1S/C24H21N3O5S/c1-14-7-9-16(10-8-14)21(29)26-12-17-13-33-23-19(22(30)27(23)20(17)24(31)32-26)25-18(28)11-15-5-3-2-4-6-15/h2-10,19,23H,11-13H2,1H3,(H,25,28)/t19-,23?/m1/s1. The average molecular weight is 464 g/mol. The van der Waals surface area contributed by atoms with Gasteiger partial charge in [0.25, 0.3) is 11.8 Å². The summed E-state index contributed by atoms with van der Waals surface area (Å²) in [6.07, 6.45) is 0.175. The van der Waals surface area contributed by atoms with Crippen LogP contribution in [0.5, 0.6) is 0 Å². The molecule has 3 amide bonds. The number of rotatable bonds is 4. The van der Waals surface area contributed by atoms with Crippen molar-refractivity contribution >= 4 is 35.5 Å². The summed E-state index contributed by atoms with van der Waals surface area (Å²) < 4.78 is 0. The number of thioether (sulfide) groups is 1. The van der Waals surface area contributed by atoms with Crippen LogP contribution >= 0.6 is 11.8 Å². The topological polar surface area (TPSA) is 96.0 Å². The number of amides is 3. The number of hydroxylamine groups is 2.